The van der Waals surface area contributed by atoms with Crippen molar-refractivity contribution in [1.82, 2.24) is 9.88 Å². The maximum absolute atomic E-state index is 12.8. The Morgan fingerprint density at radius 1 is 1.14 bits per heavy atom. The second kappa shape index (κ2) is 8.24. The standard InChI is InChI=1S/C18H16ClF3N4O3/c19-15-10-13(18(20,21)22)11-23-16(15)24-6-1-7-25(9-8-24)17(27)12-2-4-14(5-3-12)26(28)29/h2-5,10-11H,1,6-9H2. The number of anilines is 1. The fourth-order valence-corrected chi connectivity index (χ4v) is 3.34. The van der Waals surface area contributed by atoms with Gasteiger partial charge in [-0.15, -0.1) is 0 Å². The van der Waals surface area contributed by atoms with E-state index in [1.54, 1.807) is 9.80 Å². The predicted octanol–water partition coefficient (Wildman–Crippen LogP) is 4.01. The molecule has 0 saturated carbocycles. The molecule has 0 N–H and O–H groups in total. The number of halogens is 4. The molecule has 7 nitrogen and oxygen atoms in total. The molecule has 1 aromatic heterocycles. The minimum Gasteiger partial charge on any atom is -0.354 e. The number of benzene rings is 1. The molecule has 0 spiro atoms. The predicted molar refractivity (Wildman–Crippen MR) is 100 cm³/mol. The van der Waals surface area contributed by atoms with Crippen LogP contribution >= 0.6 is 11.6 Å². The number of hydrogen-bond acceptors (Lipinski definition) is 5. The van der Waals surface area contributed by atoms with Crippen LogP contribution in [0.1, 0.15) is 22.3 Å². The first-order chi connectivity index (χ1) is 13.7. The molecule has 1 amide bonds. The lowest BCUT2D eigenvalue weighted by molar-refractivity contribution is -0.384. The van der Waals surface area contributed by atoms with Gasteiger partial charge in [0.1, 0.15) is 5.82 Å². The zero-order valence-corrected chi connectivity index (χ0v) is 15.8. The van der Waals surface area contributed by atoms with E-state index in [0.29, 0.717) is 38.2 Å². The van der Waals surface area contributed by atoms with E-state index in [-0.39, 0.29) is 22.4 Å². The molecule has 0 unspecified atom stereocenters. The van der Waals surface area contributed by atoms with Crippen molar-refractivity contribution in [1.29, 1.82) is 0 Å². The highest BCUT2D eigenvalue weighted by Crippen LogP contribution is 2.33. The number of nitrogens with zero attached hydrogens (tertiary/aromatic N) is 4. The molecule has 29 heavy (non-hydrogen) atoms. The zero-order valence-electron chi connectivity index (χ0n) is 15.0. The summed E-state index contributed by atoms with van der Waals surface area (Å²) >= 11 is 6.02. The van der Waals surface area contributed by atoms with E-state index in [4.69, 9.17) is 11.6 Å². The summed E-state index contributed by atoms with van der Waals surface area (Å²) in [7, 11) is 0. The van der Waals surface area contributed by atoms with Crippen molar-refractivity contribution in [2.45, 2.75) is 12.6 Å². The molecule has 1 aromatic carbocycles. The van der Waals surface area contributed by atoms with Crippen molar-refractivity contribution < 1.29 is 22.9 Å². The number of carbonyl (C=O) groups excluding carboxylic acids is 1. The molecule has 0 aliphatic carbocycles. The SMILES string of the molecule is O=C(c1ccc([N+](=O)[O-])cc1)N1CCCN(c2ncc(C(F)(F)F)cc2Cl)CC1. The van der Waals surface area contributed by atoms with Crippen LogP contribution in [0.25, 0.3) is 0 Å². The van der Waals surface area contributed by atoms with Gasteiger partial charge in [0, 0.05) is 50.1 Å². The lowest BCUT2D eigenvalue weighted by Gasteiger charge is -2.24. The number of rotatable bonds is 3. The van der Waals surface area contributed by atoms with Crippen LogP contribution in [0.5, 0.6) is 0 Å². The van der Waals surface area contributed by atoms with Crippen LogP contribution in [0.15, 0.2) is 36.5 Å². The van der Waals surface area contributed by atoms with Gasteiger partial charge in [0.05, 0.1) is 15.5 Å². The molecule has 2 aromatic rings. The van der Waals surface area contributed by atoms with Crippen molar-refractivity contribution in [2.24, 2.45) is 0 Å². The summed E-state index contributed by atoms with van der Waals surface area (Å²) in [4.78, 5) is 30.1. The second-order valence-corrected chi connectivity index (χ2v) is 6.87. The van der Waals surface area contributed by atoms with Crippen LogP contribution in [0.2, 0.25) is 5.02 Å². The Morgan fingerprint density at radius 3 is 2.41 bits per heavy atom. The molecule has 11 heteroatoms. The third-order valence-corrected chi connectivity index (χ3v) is 4.83. The van der Waals surface area contributed by atoms with Crippen LogP contribution in [0.3, 0.4) is 0 Å². The van der Waals surface area contributed by atoms with Crippen molar-refractivity contribution >= 4 is 29.0 Å². The monoisotopic (exact) mass is 428 g/mol. The largest absolute Gasteiger partial charge is 0.417 e. The molecular weight excluding hydrogens is 413 g/mol. The highest BCUT2D eigenvalue weighted by Gasteiger charge is 2.32. The van der Waals surface area contributed by atoms with E-state index in [9.17, 15) is 28.1 Å². The van der Waals surface area contributed by atoms with E-state index in [1.807, 2.05) is 0 Å². The van der Waals surface area contributed by atoms with E-state index in [1.165, 1.54) is 24.3 Å². The second-order valence-electron chi connectivity index (χ2n) is 6.46. The Hall–Kier alpha value is -2.88. The van der Waals surface area contributed by atoms with Crippen molar-refractivity contribution in [2.75, 3.05) is 31.1 Å². The summed E-state index contributed by atoms with van der Waals surface area (Å²) in [5.74, 6) is -0.0301. The normalized spacial score (nSPS) is 15.2. The van der Waals surface area contributed by atoms with Gasteiger partial charge in [0.15, 0.2) is 0 Å². The summed E-state index contributed by atoms with van der Waals surface area (Å²) < 4.78 is 38.4. The number of alkyl halides is 3. The summed E-state index contributed by atoms with van der Waals surface area (Å²) in [6, 6.07) is 6.18. The first kappa shape index (κ1) is 20.8. The summed E-state index contributed by atoms with van der Waals surface area (Å²) in [6.45, 7) is 1.57. The van der Waals surface area contributed by atoms with Gasteiger partial charge in [0.25, 0.3) is 11.6 Å². The van der Waals surface area contributed by atoms with Crippen LogP contribution in [-0.4, -0.2) is 46.9 Å². The van der Waals surface area contributed by atoms with Gasteiger partial charge in [-0.1, -0.05) is 11.6 Å². The first-order valence-electron chi connectivity index (χ1n) is 8.68. The van der Waals surface area contributed by atoms with Crippen LogP contribution < -0.4 is 4.90 Å². The number of amides is 1. The molecule has 1 aliphatic heterocycles. The molecule has 0 radical (unpaired) electrons. The number of pyridine rings is 1. The quantitative estimate of drug-likeness (QED) is 0.545. The summed E-state index contributed by atoms with van der Waals surface area (Å²) in [6.07, 6.45) is -3.22. The molecule has 1 aliphatic rings. The van der Waals surface area contributed by atoms with Gasteiger partial charge in [-0.05, 0) is 24.6 Å². The maximum Gasteiger partial charge on any atom is 0.417 e. The highest BCUT2D eigenvalue weighted by atomic mass is 35.5. The Balaban J connectivity index is 1.70. The van der Waals surface area contributed by atoms with Crippen LogP contribution in [0.4, 0.5) is 24.7 Å². The third kappa shape index (κ3) is 4.76. The molecule has 0 atom stereocenters. The fraction of sp³-hybridized carbons (Fsp3) is 0.333. The van der Waals surface area contributed by atoms with Gasteiger partial charge in [-0.3, -0.25) is 14.9 Å². The molecule has 0 bridgehead atoms. The Bertz CT molecular complexity index is 922. The minimum atomic E-state index is -4.53. The van der Waals surface area contributed by atoms with Crippen LogP contribution in [-0.2, 0) is 6.18 Å². The van der Waals surface area contributed by atoms with E-state index in [0.717, 1.165) is 12.3 Å². The highest BCUT2D eigenvalue weighted by molar-refractivity contribution is 6.33. The van der Waals surface area contributed by atoms with Gasteiger partial charge >= 0.3 is 6.18 Å². The maximum atomic E-state index is 12.8. The third-order valence-electron chi connectivity index (χ3n) is 4.56. The van der Waals surface area contributed by atoms with Crippen molar-refractivity contribution in [3.8, 4) is 0 Å². The average molecular weight is 429 g/mol. The number of nitro benzene ring substituents is 1. The fourth-order valence-electron chi connectivity index (χ4n) is 3.06. The van der Waals surface area contributed by atoms with Gasteiger partial charge in [0.2, 0.25) is 0 Å². The number of non-ortho nitro benzene ring substituents is 1. The smallest absolute Gasteiger partial charge is 0.354 e. The molecule has 3 rings (SSSR count). The van der Waals surface area contributed by atoms with Gasteiger partial charge < -0.3 is 9.80 Å². The number of carbonyl (C=O) groups is 1. The Morgan fingerprint density at radius 2 is 1.83 bits per heavy atom. The lowest BCUT2D eigenvalue weighted by Crippen LogP contribution is -2.35. The number of aromatic nitrogens is 1. The van der Waals surface area contributed by atoms with E-state index < -0.39 is 16.7 Å². The van der Waals surface area contributed by atoms with Crippen LogP contribution in [0, 0.1) is 10.1 Å². The number of hydrogen-bond donors (Lipinski definition) is 0. The zero-order chi connectivity index (χ0) is 21.2. The minimum absolute atomic E-state index is 0.102. The topological polar surface area (TPSA) is 79.6 Å². The van der Waals surface area contributed by atoms with E-state index >= 15 is 0 Å². The van der Waals surface area contributed by atoms with Gasteiger partial charge in [-0.2, -0.15) is 13.2 Å². The molecular formula is C18H16ClF3N4O3. The molecule has 1 saturated heterocycles. The van der Waals surface area contributed by atoms with Crippen molar-refractivity contribution in [3.05, 3.63) is 62.8 Å². The van der Waals surface area contributed by atoms with E-state index in [2.05, 4.69) is 4.98 Å². The summed E-state index contributed by atoms with van der Waals surface area (Å²) in [5, 5.41) is 10.6. The first-order valence-corrected chi connectivity index (χ1v) is 9.06. The number of nitro groups is 1. The molecule has 154 valence electrons. The Kier molecular flexibility index (Phi) is 5.92. The lowest BCUT2D eigenvalue weighted by atomic mass is 10.2. The molecule has 1 fully saturated rings. The Labute approximate surface area is 168 Å². The molecule has 2 heterocycles. The van der Waals surface area contributed by atoms with Crippen molar-refractivity contribution in [3.63, 3.8) is 0 Å². The summed E-state index contributed by atoms with van der Waals surface area (Å²) in [5.41, 5.74) is -0.697. The average Bonchev–Trinajstić information content (AvgIpc) is 2.93. The van der Waals surface area contributed by atoms with Gasteiger partial charge in [-0.25, -0.2) is 4.98 Å².